The van der Waals surface area contributed by atoms with Crippen LogP contribution in [-0.2, 0) is 23.9 Å². The van der Waals surface area contributed by atoms with Gasteiger partial charge in [-0.15, -0.1) is 24.9 Å². The van der Waals surface area contributed by atoms with Crippen LogP contribution in [-0.4, -0.2) is 119 Å². The fourth-order valence-electron chi connectivity index (χ4n) is 6.72. The molecule has 5 atom stereocenters. The van der Waals surface area contributed by atoms with Gasteiger partial charge in [-0.05, 0) is 44.9 Å². The molecular weight excluding hydrogens is 518 g/mol. The number of rotatable bonds is 16. The number of allylic oxidation sites excluding steroid dienone is 1. The lowest BCUT2D eigenvalue weighted by molar-refractivity contribution is -0.154. The Bertz CT molecular complexity index is 896. The summed E-state index contributed by atoms with van der Waals surface area (Å²) in [4.78, 5) is 47.6. The Kier molecular flexibility index (Phi) is 10.9. The fraction of sp³-hybridized carbons (Fsp3) is 0.759. The predicted molar refractivity (Wildman–Crippen MR) is 151 cm³/mol. The third-order valence-electron chi connectivity index (χ3n) is 8.61. The van der Waals surface area contributed by atoms with Crippen LogP contribution in [0.5, 0.6) is 0 Å². The first kappa shape index (κ1) is 30.1. The van der Waals surface area contributed by atoms with Crippen LogP contribution >= 0.6 is 11.8 Å². The van der Waals surface area contributed by atoms with Gasteiger partial charge >= 0.3 is 5.97 Å². The molecule has 4 aliphatic heterocycles. The number of hydrogen-bond acceptors (Lipinski definition) is 8. The molecule has 218 valence electrons. The number of fused-ring (bicyclic) bond motifs is 1. The van der Waals surface area contributed by atoms with Crippen molar-refractivity contribution >= 4 is 29.5 Å². The molecule has 4 fully saturated rings. The Hall–Kier alpha value is -1.88. The van der Waals surface area contributed by atoms with E-state index in [4.69, 9.17) is 9.47 Å². The number of unbranched alkanes of at least 4 members (excludes halogenated alkanes) is 3. The zero-order valence-electron chi connectivity index (χ0n) is 23.1. The van der Waals surface area contributed by atoms with E-state index in [1.165, 1.54) is 0 Å². The van der Waals surface area contributed by atoms with Gasteiger partial charge in [0.1, 0.15) is 6.04 Å². The van der Waals surface area contributed by atoms with Crippen molar-refractivity contribution in [3.05, 3.63) is 25.3 Å². The maximum atomic E-state index is 14.4. The van der Waals surface area contributed by atoms with Gasteiger partial charge in [0.15, 0.2) is 0 Å². The minimum absolute atomic E-state index is 0.00102. The first-order valence-corrected chi connectivity index (χ1v) is 15.4. The molecular formula is C29H45N3O6S. The summed E-state index contributed by atoms with van der Waals surface area (Å²) in [6.07, 6.45) is 8.72. The van der Waals surface area contributed by atoms with E-state index in [-0.39, 0.29) is 29.6 Å². The predicted octanol–water partition coefficient (Wildman–Crippen LogP) is 2.10. The van der Waals surface area contributed by atoms with Crippen LogP contribution in [0.3, 0.4) is 0 Å². The summed E-state index contributed by atoms with van der Waals surface area (Å²) in [5.41, 5.74) is 0. The molecule has 39 heavy (non-hydrogen) atoms. The van der Waals surface area contributed by atoms with Crippen molar-refractivity contribution in [2.24, 2.45) is 11.8 Å². The molecule has 2 amide bonds. The van der Waals surface area contributed by atoms with E-state index < -0.39 is 22.6 Å². The van der Waals surface area contributed by atoms with Crippen LogP contribution < -0.4 is 0 Å². The summed E-state index contributed by atoms with van der Waals surface area (Å²) in [5.74, 6) is -1.50. The Morgan fingerprint density at radius 3 is 2.67 bits per heavy atom. The highest BCUT2D eigenvalue weighted by Gasteiger charge is 2.74. The highest BCUT2D eigenvalue weighted by molar-refractivity contribution is 8.02. The first-order chi connectivity index (χ1) is 19.0. The molecule has 0 aliphatic carbocycles. The van der Waals surface area contributed by atoms with Crippen molar-refractivity contribution < 1.29 is 29.0 Å². The summed E-state index contributed by atoms with van der Waals surface area (Å²) >= 11 is 1.68. The van der Waals surface area contributed by atoms with E-state index in [9.17, 15) is 19.5 Å². The van der Waals surface area contributed by atoms with E-state index in [1.54, 1.807) is 28.8 Å². The lowest BCUT2D eigenvalue weighted by Crippen LogP contribution is -2.56. The topological polar surface area (TPSA) is 99.6 Å². The zero-order valence-corrected chi connectivity index (χ0v) is 24.0. The number of aliphatic hydroxyl groups is 1. The molecule has 9 nitrogen and oxygen atoms in total. The molecule has 0 aromatic heterocycles. The van der Waals surface area contributed by atoms with Gasteiger partial charge in [0.25, 0.3) is 0 Å². The second kappa shape index (κ2) is 14.1. The average molecular weight is 564 g/mol. The minimum Gasteiger partial charge on any atom is -0.465 e. The number of nitrogens with zero attached hydrogens (tertiary/aromatic N) is 3. The molecule has 4 saturated heterocycles. The molecule has 0 saturated carbocycles. The van der Waals surface area contributed by atoms with Crippen molar-refractivity contribution in [1.29, 1.82) is 0 Å². The van der Waals surface area contributed by atoms with Crippen molar-refractivity contribution in [2.75, 3.05) is 65.7 Å². The normalized spacial score (nSPS) is 29.9. The Labute approximate surface area is 236 Å². The van der Waals surface area contributed by atoms with E-state index in [1.807, 2.05) is 4.90 Å². The van der Waals surface area contributed by atoms with E-state index >= 15 is 0 Å². The van der Waals surface area contributed by atoms with Gasteiger partial charge in [-0.3, -0.25) is 19.3 Å². The van der Waals surface area contributed by atoms with Crippen molar-refractivity contribution in [2.45, 2.75) is 61.0 Å². The van der Waals surface area contributed by atoms with E-state index in [2.05, 4.69) is 18.1 Å². The smallest absolute Gasteiger partial charge is 0.310 e. The van der Waals surface area contributed by atoms with Gasteiger partial charge in [-0.1, -0.05) is 12.2 Å². The number of ether oxygens (including phenoxy) is 2. The molecule has 1 spiro atoms. The van der Waals surface area contributed by atoms with Gasteiger partial charge in [0, 0.05) is 51.1 Å². The van der Waals surface area contributed by atoms with Crippen LogP contribution in [0.2, 0.25) is 0 Å². The van der Waals surface area contributed by atoms with Crippen molar-refractivity contribution in [3.63, 3.8) is 0 Å². The lowest BCUT2D eigenvalue weighted by Gasteiger charge is -2.38. The number of thioether (sulfide) groups is 1. The molecule has 10 heteroatoms. The number of amides is 2. The van der Waals surface area contributed by atoms with Gasteiger partial charge in [-0.2, -0.15) is 0 Å². The molecule has 0 aromatic carbocycles. The van der Waals surface area contributed by atoms with E-state index in [0.717, 1.165) is 45.3 Å². The second-order valence-electron chi connectivity index (χ2n) is 11.0. The maximum Gasteiger partial charge on any atom is 0.310 e. The SMILES string of the molecule is C=CCCCOC(=O)[C@@H]1[C@@H]2CCC3(S2)C(C(=O)N(CC=C)CCN2CCOCC2)N(CCCCCO)C(=O)[C@H]13. The number of esters is 1. The second-order valence-corrected chi connectivity index (χ2v) is 12.6. The van der Waals surface area contributed by atoms with Crippen LogP contribution in [0, 0.1) is 11.8 Å². The van der Waals surface area contributed by atoms with Crippen molar-refractivity contribution in [3.8, 4) is 0 Å². The van der Waals surface area contributed by atoms with Gasteiger partial charge < -0.3 is 24.4 Å². The largest absolute Gasteiger partial charge is 0.465 e. The summed E-state index contributed by atoms with van der Waals surface area (Å²) in [6.45, 7) is 13.3. The highest BCUT2D eigenvalue weighted by Crippen LogP contribution is 2.66. The van der Waals surface area contributed by atoms with Gasteiger partial charge in [-0.25, -0.2) is 0 Å². The number of aliphatic hydroxyl groups excluding tert-OH is 1. The lowest BCUT2D eigenvalue weighted by atomic mass is 9.71. The molecule has 0 aromatic rings. The molecule has 2 unspecified atom stereocenters. The standard InChI is InChI=1S/C29H45N3O6S/c1-3-5-9-19-38-28(36)23-22-10-11-29(39-22)24(23)26(34)32(13-7-6-8-18-33)25(29)27(35)31(12-4-2)15-14-30-16-20-37-21-17-30/h3-4,22-25,33H,1-2,5-21H2/t22-,23+,24-,25?,29?/m0/s1. The van der Waals surface area contributed by atoms with E-state index in [0.29, 0.717) is 58.7 Å². The quantitative estimate of drug-likeness (QED) is 0.173. The van der Waals surface area contributed by atoms with Crippen LogP contribution in [0.25, 0.3) is 0 Å². The van der Waals surface area contributed by atoms with Crippen LogP contribution in [0.4, 0.5) is 0 Å². The van der Waals surface area contributed by atoms with Gasteiger partial charge in [0.2, 0.25) is 11.8 Å². The first-order valence-electron chi connectivity index (χ1n) is 14.5. The minimum atomic E-state index is -0.612. The third kappa shape index (κ3) is 6.39. The number of carbonyl (C=O) groups is 3. The number of carbonyl (C=O) groups excluding carboxylic acids is 3. The summed E-state index contributed by atoms with van der Waals surface area (Å²) in [5, 5.41) is 9.24. The number of morpholine rings is 1. The maximum absolute atomic E-state index is 14.4. The van der Waals surface area contributed by atoms with Gasteiger partial charge in [0.05, 0.1) is 36.4 Å². The molecule has 4 rings (SSSR count). The third-order valence-corrected chi connectivity index (χ3v) is 10.6. The molecule has 2 bridgehead atoms. The number of likely N-dealkylation sites (tertiary alicyclic amines) is 1. The summed E-state index contributed by atoms with van der Waals surface area (Å²) in [7, 11) is 0. The fourth-order valence-corrected chi connectivity index (χ4v) is 8.92. The highest BCUT2D eigenvalue weighted by atomic mass is 32.2. The zero-order chi connectivity index (χ0) is 27.8. The average Bonchev–Trinajstić information content (AvgIpc) is 3.59. The summed E-state index contributed by atoms with van der Waals surface area (Å²) in [6, 6.07) is -0.609. The Morgan fingerprint density at radius 2 is 1.95 bits per heavy atom. The van der Waals surface area contributed by atoms with Crippen molar-refractivity contribution in [1.82, 2.24) is 14.7 Å². The molecule has 0 radical (unpaired) electrons. The molecule has 4 aliphatic rings. The molecule has 4 heterocycles. The molecule has 1 N–H and O–H groups in total. The monoisotopic (exact) mass is 563 g/mol. The summed E-state index contributed by atoms with van der Waals surface area (Å²) < 4.78 is 10.5. The van der Waals surface area contributed by atoms with Crippen LogP contribution in [0.15, 0.2) is 25.3 Å². The Balaban J connectivity index is 1.56. The Morgan fingerprint density at radius 1 is 1.15 bits per heavy atom. The number of hydrogen-bond donors (Lipinski definition) is 1. The van der Waals surface area contributed by atoms with Crippen LogP contribution in [0.1, 0.15) is 44.9 Å².